The average molecular weight is 269 g/mol. The van der Waals surface area contributed by atoms with Gasteiger partial charge in [0.05, 0.1) is 6.54 Å². The lowest BCUT2D eigenvalue weighted by Gasteiger charge is -2.33. The fourth-order valence-electron chi connectivity index (χ4n) is 2.53. The molecule has 1 fully saturated rings. The van der Waals surface area contributed by atoms with Gasteiger partial charge in [-0.25, -0.2) is 0 Å². The van der Waals surface area contributed by atoms with Crippen LogP contribution in [0.2, 0.25) is 0 Å². The molecule has 0 aliphatic carbocycles. The summed E-state index contributed by atoms with van der Waals surface area (Å²) in [7, 11) is 0. The molecule has 19 heavy (non-hydrogen) atoms. The van der Waals surface area contributed by atoms with E-state index in [1.54, 1.807) is 0 Å². The summed E-state index contributed by atoms with van der Waals surface area (Å²) in [5, 5.41) is 6.46. The highest BCUT2D eigenvalue weighted by Gasteiger charge is 2.20. The van der Waals surface area contributed by atoms with Crippen molar-refractivity contribution in [3.05, 3.63) is 0 Å². The number of hydrogen-bond acceptors (Lipinski definition) is 3. The van der Waals surface area contributed by atoms with Crippen LogP contribution in [0.15, 0.2) is 0 Å². The Morgan fingerprint density at radius 2 is 2.11 bits per heavy atom. The molecule has 1 rings (SSSR count). The van der Waals surface area contributed by atoms with E-state index in [2.05, 4.69) is 43.2 Å². The van der Waals surface area contributed by atoms with Crippen molar-refractivity contribution in [3.63, 3.8) is 0 Å². The van der Waals surface area contributed by atoms with Crippen LogP contribution in [-0.2, 0) is 4.79 Å². The van der Waals surface area contributed by atoms with E-state index in [1.807, 2.05) is 0 Å². The molecular formula is C15H31N3O. The van der Waals surface area contributed by atoms with Crippen molar-refractivity contribution < 1.29 is 4.79 Å². The van der Waals surface area contributed by atoms with Crippen molar-refractivity contribution in [3.8, 4) is 0 Å². The molecule has 0 bridgehead atoms. The van der Waals surface area contributed by atoms with Crippen LogP contribution in [0.1, 0.15) is 47.0 Å². The summed E-state index contributed by atoms with van der Waals surface area (Å²) < 4.78 is 0. The molecule has 0 aromatic rings. The Morgan fingerprint density at radius 3 is 2.74 bits per heavy atom. The lowest BCUT2D eigenvalue weighted by Crippen LogP contribution is -2.53. The molecule has 0 radical (unpaired) electrons. The number of carbonyl (C=O) groups excluding carboxylic acids is 1. The van der Waals surface area contributed by atoms with Crippen LogP contribution in [0.3, 0.4) is 0 Å². The number of rotatable bonds is 7. The Balaban J connectivity index is 2.18. The first-order chi connectivity index (χ1) is 8.99. The quantitative estimate of drug-likeness (QED) is 0.738. The predicted molar refractivity (Wildman–Crippen MR) is 80.2 cm³/mol. The van der Waals surface area contributed by atoms with Gasteiger partial charge in [0.25, 0.3) is 0 Å². The molecule has 2 unspecified atom stereocenters. The summed E-state index contributed by atoms with van der Waals surface area (Å²) in [5.41, 5.74) is 0. The van der Waals surface area contributed by atoms with Gasteiger partial charge >= 0.3 is 0 Å². The monoisotopic (exact) mass is 269 g/mol. The van der Waals surface area contributed by atoms with Gasteiger partial charge in [-0.1, -0.05) is 26.7 Å². The highest BCUT2D eigenvalue weighted by Crippen LogP contribution is 2.08. The Bertz CT molecular complexity index is 268. The Morgan fingerprint density at radius 1 is 1.37 bits per heavy atom. The van der Waals surface area contributed by atoms with Gasteiger partial charge in [0, 0.05) is 31.7 Å². The Hall–Kier alpha value is -0.610. The lowest BCUT2D eigenvalue weighted by molar-refractivity contribution is -0.123. The van der Waals surface area contributed by atoms with E-state index in [9.17, 15) is 4.79 Å². The van der Waals surface area contributed by atoms with Gasteiger partial charge in [0.2, 0.25) is 5.91 Å². The fourth-order valence-corrected chi connectivity index (χ4v) is 2.53. The SMILES string of the molecule is CC(C)CCCC(C)NC(=O)CN1CCNCC1C. The highest BCUT2D eigenvalue weighted by atomic mass is 16.2. The molecule has 1 amide bonds. The van der Waals surface area contributed by atoms with Crippen molar-refractivity contribution in [2.24, 2.45) is 5.92 Å². The molecule has 2 N–H and O–H groups in total. The predicted octanol–water partition coefficient (Wildman–Crippen LogP) is 1.61. The highest BCUT2D eigenvalue weighted by molar-refractivity contribution is 5.78. The van der Waals surface area contributed by atoms with Crippen LogP contribution in [0.25, 0.3) is 0 Å². The average Bonchev–Trinajstić information content (AvgIpc) is 2.31. The smallest absolute Gasteiger partial charge is 0.234 e. The van der Waals surface area contributed by atoms with E-state index >= 15 is 0 Å². The van der Waals surface area contributed by atoms with Crippen molar-refractivity contribution in [1.29, 1.82) is 0 Å². The van der Waals surface area contributed by atoms with Gasteiger partial charge in [-0.3, -0.25) is 9.69 Å². The molecule has 0 aromatic heterocycles. The second-order valence-electron chi connectivity index (χ2n) is 6.32. The van der Waals surface area contributed by atoms with E-state index in [1.165, 1.54) is 12.8 Å². The topological polar surface area (TPSA) is 44.4 Å². The number of carbonyl (C=O) groups is 1. The van der Waals surface area contributed by atoms with Crippen molar-refractivity contribution >= 4 is 5.91 Å². The molecule has 4 heteroatoms. The second-order valence-corrected chi connectivity index (χ2v) is 6.32. The first-order valence-corrected chi connectivity index (χ1v) is 7.73. The van der Waals surface area contributed by atoms with E-state index in [0.717, 1.165) is 32.0 Å². The first-order valence-electron chi connectivity index (χ1n) is 7.73. The Kier molecular flexibility index (Phi) is 7.39. The molecule has 1 aliphatic heterocycles. The van der Waals surface area contributed by atoms with Gasteiger partial charge in [-0.15, -0.1) is 0 Å². The minimum absolute atomic E-state index is 0.172. The zero-order chi connectivity index (χ0) is 14.3. The molecule has 4 nitrogen and oxygen atoms in total. The van der Waals surface area contributed by atoms with Crippen LogP contribution < -0.4 is 10.6 Å². The van der Waals surface area contributed by atoms with Gasteiger partial charge in [-0.05, 0) is 26.2 Å². The van der Waals surface area contributed by atoms with Crippen LogP contribution in [0.4, 0.5) is 0 Å². The number of amides is 1. The summed E-state index contributed by atoms with van der Waals surface area (Å²) in [6.45, 7) is 12.3. The van der Waals surface area contributed by atoms with E-state index in [0.29, 0.717) is 18.6 Å². The van der Waals surface area contributed by atoms with Crippen molar-refractivity contribution in [1.82, 2.24) is 15.5 Å². The molecule has 1 saturated heterocycles. The summed E-state index contributed by atoms with van der Waals surface area (Å²) in [6.07, 6.45) is 3.53. The molecule has 112 valence electrons. The zero-order valence-corrected chi connectivity index (χ0v) is 13.0. The third-order valence-corrected chi connectivity index (χ3v) is 3.81. The molecular weight excluding hydrogens is 238 g/mol. The first kappa shape index (κ1) is 16.4. The van der Waals surface area contributed by atoms with Gasteiger partial charge in [0.15, 0.2) is 0 Å². The molecule has 1 aliphatic rings. The summed E-state index contributed by atoms with van der Waals surface area (Å²) in [5.74, 6) is 0.926. The summed E-state index contributed by atoms with van der Waals surface area (Å²) >= 11 is 0. The minimum atomic E-state index is 0.172. The van der Waals surface area contributed by atoms with Gasteiger partial charge in [0.1, 0.15) is 0 Å². The maximum Gasteiger partial charge on any atom is 0.234 e. The van der Waals surface area contributed by atoms with Crippen LogP contribution in [0.5, 0.6) is 0 Å². The summed E-state index contributed by atoms with van der Waals surface area (Å²) in [6, 6.07) is 0.750. The maximum atomic E-state index is 12.0. The number of nitrogens with one attached hydrogen (secondary N) is 2. The van der Waals surface area contributed by atoms with Gasteiger partial charge in [-0.2, -0.15) is 0 Å². The number of hydrogen-bond donors (Lipinski definition) is 2. The molecule has 0 spiro atoms. The molecule has 0 saturated carbocycles. The van der Waals surface area contributed by atoms with Crippen molar-refractivity contribution in [2.75, 3.05) is 26.2 Å². The minimum Gasteiger partial charge on any atom is -0.353 e. The zero-order valence-electron chi connectivity index (χ0n) is 13.0. The second kappa shape index (κ2) is 8.54. The van der Waals surface area contributed by atoms with Crippen LogP contribution in [0, 0.1) is 5.92 Å². The molecule has 1 heterocycles. The van der Waals surface area contributed by atoms with Crippen molar-refractivity contribution in [2.45, 2.75) is 59.0 Å². The number of nitrogens with zero attached hydrogens (tertiary/aromatic N) is 1. The standard InChI is InChI=1S/C15H31N3O/c1-12(2)6-5-7-13(3)17-15(19)11-18-9-8-16-10-14(18)4/h12-14,16H,5-11H2,1-4H3,(H,17,19). The summed E-state index contributed by atoms with van der Waals surface area (Å²) in [4.78, 5) is 14.2. The maximum absolute atomic E-state index is 12.0. The molecule has 2 atom stereocenters. The molecule has 0 aromatic carbocycles. The third kappa shape index (κ3) is 6.92. The Labute approximate surface area is 118 Å². The lowest BCUT2D eigenvalue weighted by atomic mass is 10.0. The van der Waals surface area contributed by atoms with Gasteiger partial charge < -0.3 is 10.6 Å². The largest absolute Gasteiger partial charge is 0.353 e. The van der Waals surface area contributed by atoms with E-state index in [4.69, 9.17) is 0 Å². The number of piperazine rings is 1. The van der Waals surface area contributed by atoms with Crippen LogP contribution >= 0.6 is 0 Å². The fraction of sp³-hybridized carbons (Fsp3) is 0.933. The third-order valence-electron chi connectivity index (χ3n) is 3.81. The van der Waals surface area contributed by atoms with E-state index < -0.39 is 0 Å². The van der Waals surface area contributed by atoms with Crippen LogP contribution in [-0.4, -0.2) is 49.1 Å². The van der Waals surface area contributed by atoms with E-state index in [-0.39, 0.29) is 5.91 Å². The normalized spacial score (nSPS) is 22.5.